The van der Waals surface area contributed by atoms with Gasteiger partial charge in [-0.3, -0.25) is 24.2 Å². The summed E-state index contributed by atoms with van der Waals surface area (Å²) in [6.45, 7) is 3.96. The lowest BCUT2D eigenvalue weighted by Crippen LogP contribution is -2.35. The highest BCUT2D eigenvalue weighted by Crippen LogP contribution is 2.27. The monoisotopic (exact) mass is 483 g/mol. The van der Waals surface area contributed by atoms with Crippen molar-refractivity contribution in [1.82, 2.24) is 14.7 Å². The van der Waals surface area contributed by atoms with Gasteiger partial charge in [0.15, 0.2) is 0 Å². The molecule has 0 aliphatic carbocycles. The Morgan fingerprint density at radius 3 is 2.17 bits per heavy atom. The minimum Gasteiger partial charge on any atom is -0.496 e. The molecule has 184 valence electrons. The van der Waals surface area contributed by atoms with Crippen molar-refractivity contribution >= 4 is 17.7 Å². The molecule has 0 saturated carbocycles. The summed E-state index contributed by atoms with van der Waals surface area (Å²) in [5.74, 6) is -0.246. The highest BCUT2D eigenvalue weighted by Gasteiger charge is 2.35. The maximum absolute atomic E-state index is 13.6. The highest BCUT2D eigenvalue weighted by atomic mass is 16.5. The van der Waals surface area contributed by atoms with Crippen molar-refractivity contribution in [3.63, 3.8) is 0 Å². The van der Waals surface area contributed by atoms with Gasteiger partial charge in [0, 0.05) is 32.7 Å². The van der Waals surface area contributed by atoms with E-state index in [2.05, 4.69) is 17.0 Å². The number of methoxy groups -OCH3 is 1. The number of nitrogens with zero attached hydrogens (tertiary/aromatic N) is 3. The van der Waals surface area contributed by atoms with E-state index in [1.54, 1.807) is 49.6 Å². The Morgan fingerprint density at radius 1 is 0.778 bits per heavy atom. The zero-order valence-electron chi connectivity index (χ0n) is 20.4. The number of hydrogen-bond donors (Lipinski definition) is 0. The number of rotatable bonds is 6. The van der Waals surface area contributed by atoms with E-state index in [0.717, 1.165) is 26.1 Å². The summed E-state index contributed by atoms with van der Waals surface area (Å²) >= 11 is 0. The van der Waals surface area contributed by atoms with Crippen LogP contribution in [-0.4, -0.2) is 65.7 Å². The fourth-order valence-electron chi connectivity index (χ4n) is 4.93. The van der Waals surface area contributed by atoms with Crippen molar-refractivity contribution in [2.75, 3.05) is 33.3 Å². The summed E-state index contributed by atoms with van der Waals surface area (Å²) in [6.07, 6.45) is 0.885. The minimum atomic E-state index is -0.315. The molecule has 0 N–H and O–H groups in total. The highest BCUT2D eigenvalue weighted by molar-refractivity contribution is 6.21. The predicted molar refractivity (Wildman–Crippen MR) is 136 cm³/mol. The van der Waals surface area contributed by atoms with E-state index in [1.807, 2.05) is 23.1 Å². The summed E-state index contributed by atoms with van der Waals surface area (Å²) in [4.78, 5) is 44.6. The number of ether oxygens (including phenoxy) is 1. The van der Waals surface area contributed by atoms with Gasteiger partial charge in [-0.15, -0.1) is 0 Å². The molecular formula is C29H29N3O4. The van der Waals surface area contributed by atoms with E-state index in [9.17, 15) is 14.4 Å². The van der Waals surface area contributed by atoms with Gasteiger partial charge in [-0.1, -0.05) is 48.5 Å². The van der Waals surface area contributed by atoms with Gasteiger partial charge < -0.3 is 9.64 Å². The van der Waals surface area contributed by atoms with Gasteiger partial charge >= 0.3 is 0 Å². The minimum absolute atomic E-state index is 0.0987. The number of carbonyl (C=O) groups is 3. The lowest BCUT2D eigenvalue weighted by Gasteiger charge is -2.23. The molecule has 3 aromatic rings. The molecule has 2 aliphatic heterocycles. The molecule has 2 heterocycles. The molecule has 0 bridgehead atoms. The fourth-order valence-corrected chi connectivity index (χ4v) is 4.93. The van der Waals surface area contributed by atoms with E-state index in [1.165, 1.54) is 10.5 Å². The number of imide groups is 1. The maximum atomic E-state index is 13.6. The Balaban J connectivity index is 1.30. The van der Waals surface area contributed by atoms with E-state index < -0.39 is 0 Å². The third-order valence-corrected chi connectivity index (χ3v) is 6.84. The van der Waals surface area contributed by atoms with Crippen LogP contribution in [0.2, 0.25) is 0 Å². The second-order valence-corrected chi connectivity index (χ2v) is 9.18. The van der Waals surface area contributed by atoms with Crippen LogP contribution in [0, 0.1) is 0 Å². The van der Waals surface area contributed by atoms with Crippen LogP contribution in [0.1, 0.15) is 48.6 Å². The molecule has 7 nitrogen and oxygen atoms in total. The Labute approximate surface area is 210 Å². The van der Waals surface area contributed by atoms with E-state index in [0.29, 0.717) is 41.1 Å². The molecule has 0 spiro atoms. The van der Waals surface area contributed by atoms with Crippen molar-refractivity contribution in [3.05, 3.63) is 101 Å². The number of benzene rings is 3. The lowest BCUT2D eigenvalue weighted by molar-refractivity contribution is 0.0642. The second-order valence-electron chi connectivity index (χ2n) is 9.18. The molecule has 5 rings (SSSR count). The lowest BCUT2D eigenvalue weighted by atomic mass is 10.1. The smallest absolute Gasteiger partial charge is 0.261 e. The SMILES string of the molecule is COc1ccc(CN2C(=O)c3ccccc3C2=O)cc1C(=O)N1CCCN(Cc2ccccc2)CC1. The molecule has 0 unspecified atom stereocenters. The van der Waals surface area contributed by atoms with Crippen molar-refractivity contribution in [3.8, 4) is 5.75 Å². The van der Waals surface area contributed by atoms with Gasteiger partial charge in [0.2, 0.25) is 0 Å². The van der Waals surface area contributed by atoms with Crippen molar-refractivity contribution in [2.45, 2.75) is 19.5 Å². The average molecular weight is 484 g/mol. The topological polar surface area (TPSA) is 70.2 Å². The molecule has 3 aromatic carbocycles. The largest absolute Gasteiger partial charge is 0.496 e. The molecule has 1 fully saturated rings. The molecule has 1 saturated heterocycles. The van der Waals surface area contributed by atoms with Crippen LogP contribution >= 0.6 is 0 Å². The number of hydrogen-bond acceptors (Lipinski definition) is 5. The summed E-state index contributed by atoms with van der Waals surface area (Å²) in [5, 5.41) is 0. The summed E-state index contributed by atoms with van der Waals surface area (Å²) < 4.78 is 5.50. The summed E-state index contributed by atoms with van der Waals surface area (Å²) in [7, 11) is 1.54. The molecular weight excluding hydrogens is 454 g/mol. The van der Waals surface area contributed by atoms with Gasteiger partial charge in [0.05, 0.1) is 30.3 Å². The van der Waals surface area contributed by atoms with Crippen LogP contribution in [0.5, 0.6) is 5.75 Å². The van der Waals surface area contributed by atoms with Crippen LogP contribution in [0.25, 0.3) is 0 Å². The van der Waals surface area contributed by atoms with E-state index in [-0.39, 0.29) is 24.3 Å². The molecule has 0 atom stereocenters. The third kappa shape index (κ3) is 4.75. The van der Waals surface area contributed by atoms with Gasteiger partial charge in [0.1, 0.15) is 5.75 Å². The van der Waals surface area contributed by atoms with Gasteiger partial charge in [-0.2, -0.15) is 0 Å². The van der Waals surface area contributed by atoms with Crippen LogP contribution in [0.4, 0.5) is 0 Å². The Hall–Kier alpha value is -3.97. The molecule has 2 aliphatic rings. The zero-order chi connectivity index (χ0) is 25.1. The van der Waals surface area contributed by atoms with Gasteiger partial charge in [-0.25, -0.2) is 0 Å². The quantitative estimate of drug-likeness (QED) is 0.499. The first kappa shape index (κ1) is 23.8. The molecule has 36 heavy (non-hydrogen) atoms. The second kappa shape index (κ2) is 10.3. The Bertz CT molecular complexity index is 1260. The Kier molecular flexibility index (Phi) is 6.82. The fraction of sp³-hybridized carbons (Fsp3) is 0.276. The van der Waals surface area contributed by atoms with Crippen molar-refractivity contribution < 1.29 is 19.1 Å². The van der Waals surface area contributed by atoms with E-state index in [4.69, 9.17) is 4.74 Å². The molecule has 0 radical (unpaired) electrons. The van der Waals surface area contributed by atoms with Crippen LogP contribution in [-0.2, 0) is 13.1 Å². The normalized spacial score (nSPS) is 16.1. The Morgan fingerprint density at radius 2 is 1.47 bits per heavy atom. The third-order valence-electron chi connectivity index (χ3n) is 6.84. The molecule has 3 amide bonds. The molecule has 7 heteroatoms. The predicted octanol–water partition coefficient (Wildman–Crippen LogP) is 3.84. The first-order chi connectivity index (χ1) is 17.5. The standard InChI is InChI=1S/C29H29N3O4/c1-36-26-13-12-22(20-32-28(34)23-10-5-6-11-24(23)29(32)35)18-25(26)27(33)31-15-7-14-30(16-17-31)19-21-8-3-2-4-9-21/h2-6,8-13,18H,7,14-17,19-20H2,1H3. The maximum Gasteiger partial charge on any atom is 0.261 e. The molecule has 0 aromatic heterocycles. The van der Waals surface area contributed by atoms with Gasteiger partial charge in [0.25, 0.3) is 17.7 Å². The average Bonchev–Trinajstić information content (AvgIpc) is 3.05. The first-order valence-corrected chi connectivity index (χ1v) is 12.2. The summed E-state index contributed by atoms with van der Waals surface area (Å²) in [6, 6.07) is 22.5. The van der Waals surface area contributed by atoms with Crippen LogP contribution in [0.3, 0.4) is 0 Å². The van der Waals surface area contributed by atoms with E-state index >= 15 is 0 Å². The number of amides is 3. The van der Waals surface area contributed by atoms with Crippen LogP contribution < -0.4 is 4.74 Å². The number of carbonyl (C=O) groups excluding carboxylic acids is 3. The van der Waals surface area contributed by atoms with Crippen LogP contribution in [0.15, 0.2) is 72.8 Å². The van der Waals surface area contributed by atoms with Gasteiger partial charge in [-0.05, 0) is 41.8 Å². The van der Waals surface area contributed by atoms with Crippen molar-refractivity contribution in [2.24, 2.45) is 0 Å². The van der Waals surface area contributed by atoms with Crippen molar-refractivity contribution in [1.29, 1.82) is 0 Å². The number of fused-ring (bicyclic) bond motifs is 1. The summed E-state index contributed by atoms with van der Waals surface area (Å²) in [5.41, 5.74) is 3.24. The first-order valence-electron chi connectivity index (χ1n) is 12.2. The zero-order valence-corrected chi connectivity index (χ0v) is 20.4.